The van der Waals surface area contributed by atoms with Crippen molar-refractivity contribution < 1.29 is 9.84 Å². The number of rotatable bonds is 6. The van der Waals surface area contributed by atoms with Crippen LogP contribution in [0.1, 0.15) is 36.1 Å². The van der Waals surface area contributed by atoms with E-state index < -0.39 is 6.10 Å². The zero-order chi connectivity index (χ0) is 16.8. The number of aliphatic hydroxyl groups excluding tert-OH is 1. The van der Waals surface area contributed by atoms with Crippen molar-refractivity contribution in [2.45, 2.75) is 26.4 Å². The minimum Gasteiger partial charge on any atom is -0.388 e. The van der Waals surface area contributed by atoms with E-state index in [2.05, 4.69) is 4.98 Å². The summed E-state index contributed by atoms with van der Waals surface area (Å²) in [5.74, 6) is 0. The Morgan fingerprint density at radius 2 is 2.17 bits per heavy atom. The summed E-state index contributed by atoms with van der Waals surface area (Å²) in [5.41, 5.74) is 3.80. The van der Waals surface area contributed by atoms with Crippen LogP contribution < -0.4 is 0 Å². The molecule has 1 atom stereocenters. The number of pyridine rings is 1. The van der Waals surface area contributed by atoms with Crippen LogP contribution in [0.25, 0.3) is 11.1 Å². The Kier molecular flexibility index (Phi) is 6.12. The van der Waals surface area contributed by atoms with Crippen LogP contribution in [0.3, 0.4) is 0 Å². The van der Waals surface area contributed by atoms with E-state index in [0.29, 0.717) is 30.2 Å². The van der Waals surface area contributed by atoms with Crippen LogP contribution in [-0.2, 0) is 4.74 Å². The molecule has 0 aliphatic rings. The molecule has 0 saturated heterocycles. The van der Waals surface area contributed by atoms with Gasteiger partial charge in [-0.1, -0.05) is 17.7 Å². The lowest BCUT2D eigenvalue weighted by atomic mass is 9.93. The molecule has 0 fully saturated rings. The van der Waals surface area contributed by atoms with Crippen LogP contribution >= 0.6 is 11.6 Å². The van der Waals surface area contributed by atoms with Gasteiger partial charge in [0.1, 0.15) is 6.07 Å². The lowest BCUT2D eigenvalue weighted by molar-refractivity contribution is 0.0885. The van der Waals surface area contributed by atoms with Gasteiger partial charge in [0.15, 0.2) is 0 Å². The molecular weight excluding hydrogens is 312 g/mol. The van der Waals surface area contributed by atoms with Crippen molar-refractivity contribution in [2.24, 2.45) is 0 Å². The van der Waals surface area contributed by atoms with E-state index in [4.69, 9.17) is 21.6 Å². The third-order valence-electron chi connectivity index (χ3n) is 3.66. The smallest absolute Gasteiger partial charge is 0.101 e. The maximum absolute atomic E-state index is 10.5. The molecule has 1 aromatic heterocycles. The Labute approximate surface area is 141 Å². The van der Waals surface area contributed by atoms with Gasteiger partial charge in [0.05, 0.1) is 16.7 Å². The van der Waals surface area contributed by atoms with E-state index in [1.165, 1.54) is 0 Å². The third kappa shape index (κ3) is 4.08. The number of aliphatic hydroxyl groups is 1. The second-order valence-corrected chi connectivity index (χ2v) is 5.63. The van der Waals surface area contributed by atoms with E-state index in [9.17, 15) is 5.11 Å². The number of nitriles is 1. The van der Waals surface area contributed by atoms with Crippen molar-refractivity contribution in [3.8, 4) is 17.2 Å². The minimum atomic E-state index is -0.644. The second-order valence-electron chi connectivity index (χ2n) is 5.23. The Balaban J connectivity index is 2.41. The van der Waals surface area contributed by atoms with Crippen LogP contribution in [0, 0.1) is 18.3 Å². The maximum Gasteiger partial charge on any atom is 0.101 e. The zero-order valence-corrected chi connectivity index (χ0v) is 14.0. The van der Waals surface area contributed by atoms with Gasteiger partial charge in [-0.15, -0.1) is 0 Å². The molecule has 4 nitrogen and oxygen atoms in total. The predicted octanol–water partition coefficient (Wildman–Crippen LogP) is 4.04. The first-order valence-electron chi connectivity index (χ1n) is 7.48. The fourth-order valence-corrected chi connectivity index (χ4v) is 2.73. The summed E-state index contributed by atoms with van der Waals surface area (Å²) in [6.45, 7) is 4.96. The largest absolute Gasteiger partial charge is 0.388 e. The van der Waals surface area contributed by atoms with E-state index in [0.717, 1.165) is 22.3 Å². The topological polar surface area (TPSA) is 66.1 Å². The summed E-state index contributed by atoms with van der Waals surface area (Å²) < 4.78 is 5.33. The SMILES string of the molecule is CCOCCC(O)c1c(C)cncc1-c1ccc(C#N)c(Cl)c1. The molecule has 0 saturated carbocycles. The number of aryl methyl sites for hydroxylation is 1. The highest BCUT2D eigenvalue weighted by molar-refractivity contribution is 6.32. The molecule has 23 heavy (non-hydrogen) atoms. The van der Waals surface area contributed by atoms with E-state index in [1.807, 2.05) is 26.0 Å². The highest BCUT2D eigenvalue weighted by Crippen LogP contribution is 2.33. The summed E-state index contributed by atoms with van der Waals surface area (Å²) in [5, 5.41) is 19.9. The van der Waals surface area contributed by atoms with Gasteiger partial charge in [-0.3, -0.25) is 4.98 Å². The molecule has 1 aromatic carbocycles. The zero-order valence-electron chi connectivity index (χ0n) is 13.2. The first-order valence-corrected chi connectivity index (χ1v) is 7.86. The average Bonchev–Trinajstić information content (AvgIpc) is 2.54. The van der Waals surface area contributed by atoms with E-state index in [-0.39, 0.29) is 0 Å². The Bertz CT molecular complexity index is 725. The Morgan fingerprint density at radius 1 is 1.39 bits per heavy atom. The van der Waals surface area contributed by atoms with Crippen LogP contribution in [0.4, 0.5) is 0 Å². The van der Waals surface area contributed by atoms with Crippen molar-refractivity contribution in [1.29, 1.82) is 5.26 Å². The highest BCUT2D eigenvalue weighted by atomic mass is 35.5. The summed E-state index contributed by atoms with van der Waals surface area (Å²) in [7, 11) is 0. The highest BCUT2D eigenvalue weighted by Gasteiger charge is 2.17. The first kappa shape index (κ1) is 17.4. The van der Waals surface area contributed by atoms with E-state index in [1.54, 1.807) is 24.5 Å². The van der Waals surface area contributed by atoms with Gasteiger partial charge in [0, 0.05) is 37.6 Å². The number of halogens is 1. The second kappa shape index (κ2) is 8.07. The first-order chi connectivity index (χ1) is 11.1. The van der Waals surface area contributed by atoms with Gasteiger partial charge >= 0.3 is 0 Å². The molecule has 1 unspecified atom stereocenters. The summed E-state index contributed by atoms with van der Waals surface area (Å²) in [6.07, 6.45) is 3.31. The molecule has 0 amide bonds. The molecule has 2 aromatic rings. The van der Waals surface area contributed by atoms with Gasteiger partial charge in [0.2, 0.25) is 0 Å². The quantitative estimate of drug-likeness (QED) is 0.812. The molecule has 5 heteroatoms. The summed E-state index contributed by atoms with van der Waals surface area (Å²) in [6, 6.07) is 7.27. The summed E-state index contributed by atoms with van der Waals surface area (Å²) >= 11 is 6.13. The number of hydrogen-bond donors (Lipinski definition) is 1. The molecule has 0 radical (unpaired) electrons. The maximum atomic E-state index is 10.5. The summed E-state index contributed by atoms with van der Waals surface area (Å²) in [4.78, 5) is 4.22. The molecule has 0 bridgehead atoms. The van der Waals surface area contributed by atoms with Crippen LogP contribution in [0.15, 0.2) is 30.6 Å². The molecule has 1 N–H and O–H groups in total. The molecule has 1 heterocycles. The van der Waals surface area contributed by atoms with Gasteiger partial charge in [-0.25, -0.2) is 0 Å². The molecular formula is C18H19ClN2O2. The standard InChI is InChI=1S/C18H19ClN2O2/c1-3-23-7-6-17(22)18-12(2)10-21-11-15(18)13-4-5-14(9-20)16(19)8-13/h4-5,8,10-11,17,22H,3,6-7H2,1-2H3. The number of ether oxygens (including phenoxy) is 1. The normalized spacial score (nSPS) is 12.0. The fraction of sp³-hybridized carbons (Fsp3) is 0.333. The van der Waals surface area contributed by atoms with Crippen LogP contribution in [0.2, 0.25) is 5.02 Å². The van der Waals surface area contributed by atoms with Crippen LogP contribution in [0.5, 0.6) is 0 Å². The van der Waals surface area contributed by atoms with Gasteiger partial charge in [0.25, 0.3) is 0 Å². The van der Waals surface area contributed by atoms with Gasteiger partial charge in [-0.2, -0.15) is 5.26 Å². The van der Waals surface area contributed by atoms with Gasteiger partial charge in [-0.05, 0) is 42.7 Å². The molecule has 2 rings (SSSR count). The van der Waals surface area contributed by atoms with Crippen molar-refractivity contribution in [3.63, 3.8) is 0 Å². The molecule has 0 aliphatic carbocycles. The molecule has 120 valence electrons. The number of nitrogens with zero attached hydrogens (tertiary/aromatic N) is 2. The average molecular weight is 331 g/mol. The predicted molar refractivity (Wildman–Crippen MR) is 90.2 cm³/mol. The lowest BCUT2D eigenvalue weighted by Crippen LogP contribution is -2.07. The Hall–Kier alpha value is -1.93. The van der Waals surface area contributed by atoms with Crippen LogP contribution in [-0.4, -0.2) is 23.3 Å². The third-order valence-corrected chi connectivity index (χ3v) is 3.97. The van der Waals surface area contributed by atoms with Crippen molar-refractivity contribution >= 4 is 11.6 Å². The van der Waals surface area contributed by atoms with Crippen molar-refractivity contribution in [2.75, 3.05) is 13.2 Å². The van der Waals surface area contributed by atoms with E-state index >= 15 is 0 Å². The van der Waals surface area contributed by atoms with Crippen molar-refractivity contribution in [3.05, 3.63) is 52.3 Å². The number of aromatic nitrogens is 1. The van der Waals surface area contributed by atoms with Gasteiger partial charge < -0.3 is 9.84 Å². The Morgan fingerprint density at radius 3 is 2.83 bits per heavy atom. The lowest BCUT2D eigenvalue weighted by Gasteiger charge is -2.18. The molecule has 0 spiro atoms. The fourth-order valence-electron chi connectivity index (χ4n) is 2.50. The minimum absolute atomic E-state index is 0.390. The molecule has 0 aliphatic heterocycles. The number of hydrogen-bond acceptors (Lipinski definition) is 4. The monoisotopic (exact) mass is 330 g/mol. The number of benzene rings is 1. The van der Waals surface area contributed by atoms with Crippen molar-refractivity contribution in [1.82, 2.24) is 4.98 Å².